The lowest BCUT2D eigenvalue weighted by molar-refractivity contribution is 0.0977. The van der Waals surface area contributed by atoms with E-state index in [1.807, 2.05) is 115 Å². The fourth-order valence-corrected chi connectivity index (χ4v) is 6.25. The fraction of sp³-hybridized carbons (Fsp3) is 0.314. The minimum Gasteiger partial charge on any atom is -0.392 e. The quantitative estimate of drug-likeness (QED) is 0.240. The molecule has 6 rings (SSSR count). The van der Waals surface area contributed by atoms with E-state index in [4.69, 9.17) is 0 Å². The average Bonchev–Trinajstić information content (AvgIpc) is 3.81. The zero-order valence-corrected chi connectivity index (χ0v) is 28.1. The van der Waals surface area contributed by atoms with Crippen LogP contribution in [-0.4, -0.2) is 54.8 Å². The average molecular weight is 649 g/mol. The van der Waals surface area contributed by atoms with Crippen LogP contribution in [0.5, 0.6) is 0 Å². The molecule has 2 aromatic carbocycles. The summed E-state index contributed by atoms with van der Waals surface area (Å²) < 4.78 is 11.0. The van der Waals surface area contributed by atoms with E-state index in [9.17, 15) is 14.7 Å². The second kappa shape index (κ2) is 13.3. The summed E-state index contributed by atoms with van der Waals surface area (Å²) >= 11 is 0. The molecule has 1 N–H and O–H groups in total. The first-order valence-corrected chi connectivity index (χ1v) is 16.0. The minimum atomic E-state index is -0.395. The van der Waals surface area contributed by atoms with Crippen LogP contribution in [0, 0.1) is 13.8 Å². The van der Waals surface area contributed by atoms with E-state index in [2.05, 4.69) is 20.2 Å². The number of aryl methyl sites for hydroxylation is 6. The lowest BCUT2D eigenvalue weighted by Gasteiger charge is -2.06. The van der Waals surface area contributed by atoms with Gasteiger partial charge in [-0.1, -0.05) is 36.4 Å². The number of aromatic nitrogens is 8. The van der Waals surface area contributed by atoms with Gasteiger partial charge < -0.3 is 23.4 Å². The molecule has 13 heteroatoms. The van der Waals surface area contributed by atoms with Crippen LogP contribution >= 0.6 is 0 Å². The zero-order chi connectivity index (χ0) is 34.1. The Kier molecular flexibility index (Phi) is 8.96. The number of imidazole rings is 2. The number of aliphatic hydroxyl groups is 1. The van der Waals surface area contributed by atoms with Crippen molar-refractivity contribution in [1.29, 1.82) is 0 Å². The number of fused-ring (bicyclic) bond motifs is 2. The highest BCUT2D eigenvalue weighted by atomic mass is 16.3. The van der Waals surface area contributed by atoms with E-state index in [-0.39, 0.29) is 12.5 Å². The number of amides is 2. The molecule has 0 aliphatic rings. The highest BCUT2D eigenvalue weighted by Gasteiger charge is 2.18. The predicted molar refractivity (Wildman–Crippen MR) is 182 cm³/mol. The van der Waals surface area contributed by atoms with Crippen molar-refractivity contribution in [2.24, 2.45) is 24.1 Å². The van der Waals surface area contributed by atoms with Crippen molar-refractivity contribution in [2.75, 3.05) is 0 Å². The molecule has 2 amide bonds. The first-order chi connectivity index (χ1) is 23.2. The van der Waals surface area contributed by atoms with Crippen LogP contribution in [0.3, 0.4) is 0 Å². The van der Waals surface area contributed by atoms with E-state index in [1.54, 1.807) is 21.5 Å². The van der Waals surface area contributed by atoms with Gasteiger partial charge in [0.05, 0.1) is 40.1 Å². The smallest absolute Gasteiger partial charge is 0.298 e. The van der Waals surface area contributed by atoms with Gasteiger partial charge in [0.2, 0.25) is 11.2 Å². The Labute approximate surface area is 277 Å². The molecule has 0 saturated carbocycles. The van der Waals surface area contributed by atoms with Crippen molar-refractivity contribution in [1.82, 2.24) is 37.8 Å². The van der Waals surface area contributed by atoms with E-state index in [0.717, 1.165) is 39.0 Å². The molecule has 4 aromatic heterocycles. The number of hydrogen-bond acceptors (Lipinski definition) is 5. The Morgan fingerprint density at radius 2 is 1.23 bits per heavy atom. The standard InChI is InChI=1S/C35H40N10O3/c1-7-44-29(20-23(3)38-44)32(47)36-34-40(5)26-15-9-10-16-27(26)42(34)18-11-12-19-43-31-25(22-46)14-13-17-28(31)41(6)35(43)37-33(48)30-21-24(4)39-45(30)8-2/h9-17,20-21,46H,7-8,18-19,22H2,1-6H3/b12-11+,36-34?,37-35?. The van der Waals surface area contributed by atoms with Gasteiger partial charge in [0.25, 0.3) is 11.8 Å². The summed E-state index contributed by atoms with van der Waals surface area (Å²) in [5.74, 6) is -0.757. The van der Waals surface area contributed by atoms with E-state index in [0.29, 0.717) is 48.8 Å². The van der Waals surface area contributed by atoms with Gasteiger partial charge in [-0.15, -0.1) is 0 Å². The molecular weight excluding hydrogens is 608 g/mol. The topological polar surface area (TPSA) is 134 Å². The lowest BCUT2D eigenvalue weighted by Crippen LogP contribution is -2.27. The molecule has 0 spiro atoms. The molecule has 0 radical (unpaired) electrons. The van der Waals surface area contributed by atoms with Gasteiger partial charge in [-0.2, -0.15) is 20.2 Å². The van der Waals surface area contributed by atoms with Gasteiger partial charge in [0.1, 0.15) is 11.4 Å². The van der Waals surface area contributed by atoms with Gasteiger partial charge in [0.15, 0.2) is 0 Å². The third-order valence-corrected chi connectivity index (χ3v) is 8.50. The Morgan fingerprint density at radius 3 is 1.79 bits per heavy atom. The lowest BCUT2D eigenvalue weighted by atomic mass is 10.2. The highest BCUT2D eigenvalue weighted by molar-refractivity contribution is 5.94. The molecule has 0 aliphatic carbocycles. The molecule has 0 unspecified atom stereocenters. The molecule has 4 heterocycles. The van der Waals surface area contributed by atoms with Crippen molar-refractivity contribution in [2.45, 2.75) is 60.5 Å². The summed E-state index contributed by atoms with van der Waals surface area (Å²) in [5, 5.41) is 19.1. The van der Waals surface area contributed by atoms with Crippen LogP contribution in [0.4, 0.5) is 0 Å². The highest BCUT2D eigenvalue weighted by Crippen LogP contribution is 2.19. The third kappa shape index (κ3) is 5.77. The first kappa shape index (κ1) is 32.4. The molecule has 0 saturated heterocycles. The monoisotopic (exact) mass is 648 g/mol. The fourth-order valence-electron chi connectivity index (χ4n) is 6.25. The van der Waals surface area contributed by atoms with E-state index >= 15 is 0 Å². The Hall–Kier alpha value is -5.56. The minimum absolute atomic E-state index is 0.165. The van der Waals surface area contributed by atoms with Gasteiger partial charge in [-0.25, -0.2) is 0 Å². The van der Waals surface area contributed by atoms with Crippen molar-refractivity contribution in [3.63, 3.8) is 0 Å². The molecule has 6 aromatic rings. The molecule has 0 bridgehead atoms. The van der Waals surface area contributed by atoms with Gasteiger partial charge in [-0.05, 0) is 58.0 Å². The number of aliphatic hydroxyl groups excluding tert-OH is 1. The molecule has 48 heavy (non-hydrogen) atoms. The van der Waals surface area contributed by atoms with E-state index in [1.165, 1.54) is 0 Å². The van der Waals surface area contributed by atoms with Crippen molar-refractivity contribution in [3.8, 4) is 0 Å². The van der Waals surface area contributed by atoms with Crippen LogP contribution < -0.4 is 11.2 Å². The second-order valence-electron chi connectivity index (χ2n) is 11.6. The summed E-state index contributed by atoms with van der Waals surface area (Å²) in [5.41, 5.74) is 7.55. The van der Waals surface area contributed by atoms with Crippen LogP contribution in [0.1, 0.15) is 51.8 Å². The Bertz CT molecular complexity index is 2350. The van der Waals surface area contributed by atoms with Crippen molar-refractivity contribution in [3.05, 3.63) is 106 Å². The summed E-state index contributed by atoms with van der Waals surface area (Å²) in [7, 11) is 3.76. The number of para-hydroxylation sites is 3. The Morgan fingerprint density at radius 1 is 0.729 bits per heavy atom. The number of rotatable bonds is 9. The first-order valence-electron chi connectivity index (χ1n) is 16.0. The van der Waals surface area contributed by atoms with Crippen molar-refractivity contribution >= 4 is 33.9 Å². The predicted octanol–water partition coefficient (Wildman–Crippen LogP) is 3.55. The van der Waals surface area contributed by atoms with Gasteiger partial charge in [-0.3, -0.25) is 19.0 Å². The van der Waals surface area contributed by atoms with Crippen molar-refractivity contribution < 1.29 is 14.7 Å². The second-order valence-corrected chi connectivity index (χ2v) is 11.6. The normalized spacial score (nSPS) is 12.8. The molecule has 0 atom stereocenters. The third-order valence-electron chi connectivity index (χ3n) is 8.50. The van der Waals surface area contributed by atoms with Crippen LogP contribution in [0.2, 0.25) is 0 Å². The van der Waals surface area contributed by atoms with Gasteiger partial charge >= 0.3 is 0 Å². The molecule has 13 nitrogen and oxygen atoms in total. The summed E-state index contributed by atoms with van der Waals surface area (Å²) in [6.45, 7) is 9.33. The summed E-state index contributed by atoms with van der Waals surface area (Å²) in [4.78, 5) is 36.1. The number of nitrogens with zero attached hydrogens (tertiary/aromatic N) is 10. The molecule has 0 aliphatic heterocycles. The summed E-state index contributed by atoms with van der Waals surface area (Å²) in [6, 6.07) is 17.1. The maximum absolute atomic E-state index is 13.5. The van der Waals surface area contributed by atoms with Crippen LogP contribution in [-0.2, 0) is 46.9 Å². The molecule has 248 valence electrons. The van der Waals surface area contributed by atoms with Crippen LogP contribution in [0.15, 0.2) is 76.7 Å². The molecular formula is C35H40N10O3. The molecule has 0 fully saturated rings. The summed E-state index contributed by atoms with van der Waals surface area (Å²) in [6.07, 6.45) is 4.00. The largest absolute Gasteiger partial charge is 0.392 e. The van der Waals surface area contributed by atoms with E-state index < -0.39 is 5.91 Å². The maximum atomic E-state index is 13.5. The van der Waals surface area contributed by atoms with Gasteiger partial charge in [0, 0.05) is 45.8 Å². The number of allylic oxidation sites excluding steroid dienone is 2. The van der Waals surface area contributed by atoms with Crippen LogP contribution in [0.25, 0.3) is 22.1 Å². The SMILES string of the molecule is CCn1nc(C)cc1C(=O)N=c1n(C)c2ccccc2n1C/C=C/Cn1c(=NC(=O)c2cc(C)nn2CC)n(C)c2cccc(CO)c21. The maximum Gasteiger partial charge on any atom is 0.298 e. The number of carbonyl (C=O) groups is 2. The Balaban J connectivity index is 1.41. The zero-order valence-electron chi connectivity index (χ0n) is 28.1. The number of hydrogen-bond donors (Lipinski definition) is 1. The number of carbonyl (C=O) groups excluding carboxylic acids is 2. The number of benzene rings is 2.